The Bertz CT molecular complexity index is 1480. The van der Waals surface area contributed by atoms with Crippen molar-refractivity contribution in [1.29, 1.82) is 0 Å². The van der Waals surface area contributed by atoms with Gasteiger partial charge in [-0.15, -0.1) is 0 Å². The van der Waals surface area contributed by atoms with Crippen LogP contribution in [-0.4, -0.2) is 43.8 Å². The molecule has 3 aromatic carbocycles. The van der Waals surface area contributed by atoms with E-state index in [4.69, 9.17) is 11.6 Å². The first-order chi connectivity index (χ1) is 19.6. The summed E-state index contributed by atoms with van der Waals surface area (Å²) in [4.78, 5) is 28.8. The largest absolute Gasteiger partial charge is 0.352 e. The number of hydrogen-bond acceptors (Lipinski definition) is 4. The molecule has 0 heterocycles. The van der Waals surface area contributed by atoms with Gasteiger partial charge in [0.1, 0.15) is 18.4 Å². The Labute approximate surface area is 246 Å². The first kappa shape index (κ1) is 30.5. The number of hydrogen-bond donors (Lipinski definition) is 1. The van der Waals surface area contributed by atoms with Crippen molar-refractivity contribution in [1.82, 2.24) is 10.2 Å². The number of aryl methyl sites for hydroxylation is 1. The van der Waals surface area contributed by atoms with E-state index in [0.29, 0.717) is 0 Å². The van der Waals surface area contributed by atoms with E-state index in [-0.39, 0.29) is 34.1 Å². The minimum Gasteiger partial charge on any atom is -0.352 e. The zero-order chi connectivity index (χ0) is 29.6. The van der Waals surface area contributed by atoms with E-state index in [2.05, 4.69) is 5.32 Å². The molecule has 7 nitrogen and oxygen atoms in total. The van der Waals surface area contributed by atoms with Crippen molar-refractivity contribution in [3.05, 3.63) is 94.8 Å². The van der Waals surface area contributed by atoms with Gasteiger partial charge in [0.25, 0.3) is 10.0 Å². The highest BCUT2D eigenvalue weighted by molar-refractivity contribution is 7.92. The number of nitrogens with zero attached hydrogens (tertiary/aromatic N) is 2. The van der Waals surface area contributed by atoms with Crippen molar-refractivity contribution < 1.29 is 22.4 Å². The van der Waals surface area contributed by atoms with Gasteiger partial charge in [-0.05, 0) is 68.1 Å². The number of halogens is 2. The highest BCUT2D eigenvalue weighted by Gasteiger charge is 2.33. The molecule has 0 saturated heterocycles. The quantitative estimate of drug-likeness (QED) is 0.317. The third kappa shape index (κ3) is 7.45. The van der Waals surface area contributed by atoms with Crippen molar-refractivity contribution >= 4 is 39.1 Å². The zero-order valence-electron chi connectivity index (χ0n) is 23.2. The van der Waals surface area contributed by atoms with Crippen molar-refractivity contribution in [3.8, 4) is 0 Å². The van der Waals surface area contributed by atoms with Crippen LogP contribution in [0.4, 0.5) is 10.1 Å². The smallest absolute Gasteiger partial charge is 0.264 e. The number of carbonyl (C=O) groups is 2. The lowest BCUT2D eigenvalue weighted by Gasteiger charge is -2.33. The Balaban J connectivity index is 1.69. The molecule has 4 rings (SSSR count). The third-order valence-electron chi connectivity index (χ3n) is 7.52. The average Bonchev–Trinajstić information content (AvgIpc) is 2.97. The summed E-state index contributed by atoms with van der Waals surface area (Å²) in [5.41, 5.74) is 1.80. The van der Waals surface area contributed by atoms with Gasteiger partial charge in [-0.2, -0.15) is 0 Å². The number of benzene rings is 3. The standard InChI is InChI=1S/C31H35ClFN3O4S/c1-22-11-9-10-12-24(22)20-35(23(2)31(38)34-25-13-5-3-6-14-25)30(37)21-36(26-17-18-29(33)28(32)19-26)41(39,40)27-15-7-4-8-16-27/h4,7-12,15-19,23,25H,3,5-6,13-14,20-21H2,1-2H3,(H,34,38)/t23-/m1/s1. The number of carbonyl (C=O) groups excluding carboxylic acids is 2. The van der Waals surface area contributed by atoms with Gasteiger partial charge in [-0.25, -0.2) is 12.8 Å². The SMILES string of the molecule is Cc1ccccc1CN(C(=O)CN(c1ccc(F)c(Cl)c1)S(=O)(=O)c1ccccc1)[C@H](C)C(=O)NC1CCCCC1. The summed E-state index contributed by atoms with van der Waals surface area (Å²) < 4.78 is 42.5. The number of amides is 2. The molecule has 1 fully saturated rings. The summed E-state index contributed by atoms with van der Waals surface area (Å²) in [6.07, 6.45) is 4.99. The van der Waals surface area contributed by atoms with E-state index < -0.39 is 34.3 Å². The fourth-order valence-corrected chi connectivity index (χ4v) is 6.61. The molecule has 1 N–H and O–H groups in total. The van der Waals surface area contributed by atoms with Crippen molar-refractivity contribution in [2.75, 3.05) is 10.8 Å². The average molecular weight is 600 g/mol. The lowest BCUT2D eigenvalue weighted by atomic mass is 9.95. The molecule has 1 saturated carbocycles. The number of sulfonamides is 1. The van der Waals surface area contributed by atoms with E-state index in [1.54, 1.807) is 25.1 Å². The summed E-state index contributed by atoms with van der Waals surface area (Å²) in [5, 5.41) is 2.81. The number of anilines is 1. The molecule has 41 heavy (non-hydrogen) atoms. The molecule has 0 unspecified atom stereocenters. The molecule has 1 atom stereocenters. The summed E-state index contributed by atoms with van der Waals surface area (Å²) in [7, 11) is -4.26. The normalized spacial score (nSPS) is 14.7. The van der Waals surface area contributed by atoms with Crippen LogP contribution in [0.25, 0.3) is 0 Å². The molecule has 0 spiro atoms. The monoisotopic (exact) mass is 599 g/mol. The van der Waals surface area contributed by atoms with Crippen LogP contribution in [0.5, 0.6) is 0 Å². The molecule has 1 aliphatic rings. The molecule has 0 aliphatic heterocycles. The van der Waals surface area contributed by atoms with E-state index >= 15 is 0 Å². The Morgan fingerprint density at radius 2 is 1.66 bits per heavy atom. The fraction of sp³-hybridized carbons (Fsp3) is 0.355. The Morgan fingerprint density at radius 1 is 1.00 bits per heavy atom. The maximum atomic E-state index is 14.0. The zero-order valence-corrected chi connectivity index (χ0v) is 24.8. The van der Waals surface area contributed by atoms with Gasteiger partial charge < -0.3 is 10.2 Å². The summed E-state index contributed by atoms with van der Waals surface area (Å²) >= 11 is 6.02. The molecule has 10 heteroatoms. The van der Waals surface area contributed by atoms with Crippen LogP contribution in [0.15, 0.2) is 77.7 Å². The highest BCUT2D eigenvalue weighted by Crippen LogP contribution is 2.28. The van der Waals surface area contributed by atoms with E-state index in [9.17, 15) is 22.4 Å². The predicted molar refractivity (Wildman–Crippen MR) is 159 cm³/mol. The molecule has 3 aromatic rings. The Morgan fingerprint density at radius 3 is 2.32 bits per heavy atom. The van der Waals surface area contributed by atoms with Crippen LogP contribution in [0, 0.1) is 12.7 Å². The molecule has 1 aliphatic carbocycles. The molecule has 2 amide bonds. The second kappa shape index (κ2) is 13.5. The van der Waals surface area contributed by atoms with E-state index in [1.165, 1.54) is 29.2 Å². The summed E-state index contributed by atoms with van der Waals surface area (Å²) in [6.45, 7) is 3.05. The first-order valence-electron chi connectivity index (χ1n) is 13.7. The molecular formula is C31H35ClFN3O4S. The molecular weight excluding hydrogens is 565 g/mol. The summed E-state index contributed by atoms with van der Waals surface area (Å²) in [5.74, 6) is -1.59. The summed E-state index contributed by atoms with van der Waals surface area (Å²) in [6, 6.07) is 17.9. The highest BCUT2D eigenvalue weighted by atomic mass is 35.5. The van der Waals surface area contributed by atoms with Crippen molar-refractivity contribution in [2.24, 2.45) is 0 Å². The number of rotatable bonds is 10. The van der Waals surface area contributed by atoms with Gasteiger partial charge in [-0.3, -0.25) is 13.9 Å². The first-order valence-corrected chi connectivity index (χ1v) is 15.6. The Hall–Kier alpha value is -3.43. The van der Waals surface area contributed by atoms with Gasteiger partial charge in [0.2, 0.25) is 11.8 Å². The second-order valence-electron chi connectivity index (χ2n) is 10.4. The fourth-order valence-electron chi connectivity index (χ4n) is 5.01. The topological polar surface area (TPSA) is 86.8 Å². The predicted octanol–water partition coefficient (Wildman–Crippen LogP) is 5.85. The van der Waals surface area contributed by atoms with Gasteiger partial charge in [-0.1, -0.05) is 73.3 Å². The van der Waals surface area contributed by atoms with Gasteiger partial charge in [0.05, 0.1) is 15.6 Å². The van der Waals surface area contributed by atoms with Crippen molar-refractivity contribution in [2.45, 2.75) is 69.5 Å². The van der Waals surface area contributed by atoms with Crippen LogP contribution in [0.1, 0.15) is 50.2 Å². The van der Waals surface area contributed by atoms with Crippen LogP contribution in [0.3, 0.4) is 0 Å². The van der Waals surface area contributed by atoms with Gasteiger partial charge in [0.15, 0.2) is 0 Å². The van der Waals surface area contributed by atoms with Crippen LogP contribution >= 0.6 is 11.6 Å². The molecule has 218 valence electrons. The van der Waals surface area contributed by atoms with E-state index in [1.807, 2.05) is 31.2 Å². The van der Waals surface area contributed by atoms with Gasteiger partial charge in [0, 0.05) is 12.6 Å². The maximum Gasteiger partial charge on any atom is 0.264 e. The maximum absolute atomic E-state index is 14.0. The van der Waals surface area contributed by atoms with E-state index in [0.717, 1.165) is 53.6 Å². The third-order valence-corrected chi connectivity index (χ3v) is 9.60. The second-order valence-corrected chi connectivity index (χ2v) is 12.7. The molecule has 0 bridgehead atoms. The lowest BCUT2D eigenvalue weighted by Crippen LogP contribution is -2.53. The molecule has 0 aromatic heterocycles. The van der Waals surface area contributed by atoms with Crippen LogP contribution in [-0.2, 0) is 26.2 Å². The number of nitrogens with one attached hydrogen (secondary N) is 1. The van der Waals surface area contributed by atoms with Crippen molar-refractivity contribution in [3.63, 3.8) is 0 Å². The van der Waals surface area contributed by atoms with Crippen LogP contribution in [0.2, 0.25) is 5.02 Å². The van der Waals surface area contributed by atoms with Crippen LogP contribution < -0.4 is 9.62 Å². The van der Waals surface area contributed by atoms with Gasteiger partial charge >= 0.3 is 0 Å². The minimum atomic E-state index is -4.26. The lowest BCUT2D eigenvalue weighted by molar-refractivity contribution is -0.139. The minimum absolute atomic E-state index is 0.0313. The molecule has 0 radical (unpaired) electrons. The Kier molecular flexibility index (Phi) is 10.0.